The lowest BCUT2D eigenvalue weighted by atomic mass is 9.82. The van der Waals surface area contributed by atoms with Crippen molar-refractivity contribution in [3.63, 3.8) is 0 Å². The first-order chi connectivity index (χ1) is 9.72. The molecule has 0 saturated heterocycles. The highest BCUT2D eigenvalue weighted by Crippen LogP contribution is 2.28. The van der Waals surface area contributed by atoms with Crippen LogP contribution in [-0.2, 0) is 0 Å². The largest absolute Gasteiger partial charge is 0.391 e. The van der Waals surface area contributed by atoms with Crippen LogP contribution in [0.1, 0.15) is 55.8 Å². The predicted molar refractivity (Wildman–Crippen MR) is 80.6 cm³/mol. The zero-order valence-electron chi connectivity index (χ0n) is 12.2. The number of amides is 1. The summed E-state index contributed by atoms with van der Waals surface area (Å²) in [5.74, 6) is 0.247. The molecule has 1 aliphatic carbocycles. The van der Waals surface area contributed by atoms with E-state index in [9.17, 15) is 9.90 Å². The van der Waals surface area contributed by atoms with E-state index in [-0.39, 0.29) is 11.9 Å². The summed E-state index contributed by atoms with van der Waals surface area (Å²) in [6.45, 7) is 2.02. The highest BCUT2D eigenvalue weighted by atomic mass is 16.3. The molecule has 0 radical (unpaired) electrons. The van der Waals surface area contributed by atoms with Crippen molar-refractivity contribution < 1.29 is 9.90 Å². The molecule has 1 saturated carbocycles. The van der Waals surface area contributed by atoms with Crippen molar-refractivity contribution in [3.8, 4) is 0 Å². The first kappa shape index (κ1) is 15.0. The fraction of sp³-hybridized carbons (Fsp3) is 0.588. The summed E-state index contributed by atoms with van der Waals surface area (Å²) in [6.07, 6.45) is 6.17. The Labute approximate surface area is 121 Å². The van der Waals surface area contributed by atoms with Gasteiger partial charge in [-0.05, 0) is 37.3 Å². The van der Waals surface area contributed by atoms with Crippen LogP contribution in [0.5, 0.6) is 0 Å². The van der Waals surface area contributed by atoms with Crippen LogP contribution in [0.25, 0.3) is 0 Å². The van der Waals surface area contributed by atoms with Crippen LogP contribution in [-0.4, -0.2) is 23.2 Å². The summed E-state index contributed by atoms with van der Waals surface area (Å²) in [4.78, 5) is 12.2. The van der Waals surface area contributed by atoms with Gasteiger partial charge in [-0.25, -0.2) is 0 Å². The number of benzene rings is 1. The number of rotatable bonds is 5. The lowest BCUT2D eigenvalue weighted by molar-refractivity contribution is 0.0451. The fourth-order valence-electron chi connectivity index (χ4n) is 3.07. The lowest BCUT2D eigenvalue weighted by Gasteiger charge is -2.32. The summed E-state index contributed by atoms with van der Waals surface area (Å²) < 4.78 is 0. The van der Waals surface area contributed by atoms with Gasteiger partial charge in [0.15, 0.2) is 0 Å². The average Bonchev–Trinajstić information content (AvgIpc) is 2.53. The highest BCUT2D eigenvalue weighted by molar-refractivity contribution is 5.94. The van der Waals surface area contributed by atoms with E-state index < -0.39 is 6.10 Å². The Hall–Kier alpha value is -1.35. The van der Waals surface area contributed by atoms with Crippen LogP contribution < -0.4 is 5.32 Å². The van der Waals surface area contributed by atoms with Gasteiger partial charge in [-0.3, -0.25) is 4.79 Å². The SMILES string of the molecule is CC[C@@H](NC(=O)c1ccccc1)[C@H](O)C1CCCCC1. The number of carbonyl (C=O) groups is 1. The Balaban J connectivity index is 1.95. The molecule has 2 N–H and O–H groups in total. The van der Waals surface area contributed by atoms with Crippen molar-refractivity contribution in [2.75, 3.05) is 0 Å². The first-order valence-electron chi connectivity index (χ1n) is 7.76. The van der Waals surface area contributed by atoms with Gasteiger partial charge in [0.1, 0.15) is 0 Å². The number of aliphatic hydroxyl groups excluding tert-OH is 1. The number of hydrogen-bond donors (Lipinski definition) is 2. The third kappa shape index (κ3) is 3.83. The molecule has 2 rings (SSSR count). The predicted octanol–water partition coefficient (Wildman–Crippen LogP) is 3.14. The zero-order chi connectivity index (χ0) is 14.4. The second-order valence-corrected chi connectivity index (χ2v) is 5.74. The third-order valence-electron chi connectivity index (χ3n) is 4.34. The van der Waals surface area contributed by atoms with Gasteiger partial charge in [-0.15, -0.1) is 0 Å². The molecule has 1 amide bonds. The monoisotopic (exact) mass is 275 g/mol. The minimum atomic E-state index is -0.423. The Kier molecular flexibility index (Phi) is 5.60. The van der Waals surface area contributed by atoms with Crippen molar-refractivity contribution >= 4 is 5.91 Å². The first-order valence-corrected chi connectivity index (χ1v) is 7.76. The molecule has 3 nitrogen and oxygen atoms in total. The van der Waals surface area contributed by atoms with Gasteiger partial charge in [0, 0.05) is 5.56 Å². The molecular weight excluding hydrogens is 250 g/mol. The van der Waals surface area contributed by atoms with E-state index in [1.54, 1.807) is 12.1 Å². The van der Waals surface area contributed by atoms with Gasteiger partial charge >= 0.3 is 0 Å². The van der Waals surface area contributed by atoms with Gasteiger partial charge in [0.05, 0.1) is 12.1 Å². The van der Waals surface area contributed by atoms with E-state index in [4.69, 9.17) is 0 Å². The van der Waals surface area contributed by atoms with E-state index in [2.05, 4.69) is 5.32 Å². The van der Waals surface area contributed by atoms with Crippen LogP contribution in [0.15, 0.2) is 30.3 Å². The van der Waals surface area contributed by atoms with Crippen LogP contribution in [0, 0.1) is 5.92 Å². The topological polar surface area (TPSA) is 49.3 Å². The van der Waals surface area contributed by atoms with Crippen LogP contribution in [0.4, 0.5) is 0 Å². The van der Waals surface area contributed by atoms with E-state index >= 15 is 0 Å². The lowest BCUT2D eigenvalue weighted by Crippen LogP contribution is -2.46. The van der Waals surface area contributed by atoms with Crippen LogP contribution in [0.2, 0.25) is 0 Å². The number of nitrogens with one attached hydrogen (secondary N) is 1. The molecule has 110 valence electrons. The van der Waals surface area contributed by atoms with Gasteiger partial charge in [-0.1, -0.05) is 44.4 Å². The molecule has 1 aromatic rings. The zero-order valence-corrected chi connectivity index (χ0v) is 12.2. The molecule has 1 aromatic carbocycles. The second-order valence-electron chi connectivity index (χ2n) is 5.74. The molecule has 0 aliphatic heterocycles. The van der Waals surface area contributed by atoms with E-state index in [0.29, 0.717) is 11.5 Å². The van der Waals surface area contributed by atoms with Crippen molar-refractivity contribution in [1.29, 1.82) is 0 Å². The quantitative estimate of drug-likeness (QED) is 0.867. The van der Waals surface area contributed by atoms with Crippen molar-refractivity contribution in [2.24, 2.45) is 5.92 Å². The minimum Gasteiger partial charge on any atom is -0.391 e. The Morgan fingerprint density at radius 3 is 2.50 bits per heavy atom. The standard InChI is InChI=1S/C17H25NO2/c1-2-15(16(19)13-9-5-3-6-10-13)18-17(20)14-11-7-4-8-12-14/h4,7-8,11-13,15-16,19H,2-3,5-6,9-10H2,1H3,(H,18,20)/t15-,16-/m1/s1. The Bertz CT molecular complexity index is 412. The molecule has 0 bridgehead atoms. The summed E-state index contributed by atoms with van der Waals surface area (Å²) in [5.41, 5.74) is 0.654. The molecule has 3 heteroatoms. The molecule has 0 heterocycles. The molecular formula is C17H25NO2. The molecule has 0 aromatic heterocycles. The minimum absolute atomic E-state index is 0.0905. The van der Waals surface area contributed by atoms with Gasteiger partial charge in [0.2, 0.25) is 0 Å². The Morgan fingerprint density at radius 2 is 1.90 bits per heavy atom. The molecule has 20 heavy (non-hydrogen) atoms. The van der Waals surface area contributed by atoms with Crippen molar-refractivity contribution in [1.82, 2.24) is 5.32 Å². The second kappa shape index (κ2) is 7.44. The maximum atomic E-state index is 12.2. The summed E-state index contributed by atoms with van der Waals surface area (Å²) in [7, 11) is 0. The fourth-order valence-corrected chi connectivity index (χ4v) is 3.07. The molecule has 0 spiro atoms. The summed E-state index contributed by atoms with van der Waals surface area (Å²) in [6, 6.07) is 9.06. The van der Waals surface area contributed by atoms with Gasteiger partial charge in [0.25, 0.3) is 5.91 Å². The highest BCUT2D eigenvalue weighted by Gasteiger charge is 2.28. The maximum absolute atomic E-state index is 12.2. The van der Waals surface area contributed by atoms with Crippen molar-refractivity contribution in [2.45, 2.75) is 57.6 Å². The smallest absolute Gasteiger partial charge is 0.251 e. The van der Waals surface area contributed by atoms with Gasteiger partial charge < -0.3 is 10.4 Å². The summed E-state index contributed by atoms with van der Waals surface area (Å²) >= 11 is 0. The van der Waals surface area contributed by atoms with Crippen molar-refractivity contribution in [3.05, 3.63) is 35.9 Å². The number of hydrogen-bond acceptors (Lipinski definition) is 2. The molecule has 1 fully saturated rings. The normalized spacial score (nSPS) is 19.3. The van der Waals surface area contributed by atoms with Crippen LogP contribution in [0.3, 0.4) is 0 Å². The van der Waals surface area contributed by atoms with E-state index in [0.717, 1.165) is 19.3 Å². The van der Waals surface area contributed by atoms with E-state index in [1.165, 1.54) is 19.3 Å². The summed E-state index contributed by atoms with van der Waals surface area (Å²) in [5, 5.41) is 13.5. The van der Waals surface area contributed by atoms with Gasteiger partial charge in [-0.2, -0.15) is 0 Å². The average molecular weight is 275 g/mol. The third-order valence-corrected chi connectivity index (χ3v) is 4.34. The number of carbonyl (C=O) groups excluding carboxylic acids is 1. The maximum Gasteiger partial charge on any atom is 0.251 e. The molecule has 2 atom stereocenters. The molecule has 1 aliphatic rings. The molecule has 0 unspecified atom stereocenters. The van der Waals surface area contributed by atoms with Crippen LogP contribution >= 0.6 is 0 Å². The number of aliphatic hydroxyl groups is 1. The Morgan fingerprint density at radius 1 is 1.25 bits per heavy atom. The van der Waals surface area contributed by atoms with E-state index in [1.807, 2.05) is 25.1 Å².